The van der Waals surface area contributed by atoms with Crippen LogP contribution in [0, 0.1) is 0 Å². The number of hydrogen-bond acceptors (Lipinski definition) is 5. The number of carbonyl (C=O) groups is 1. The highest BCUT2D eigenvalue weighted by molar-refractivity contribution is 7.17. The fourth-order valence-corrected chi connectivity index (χ4v) is 3.30. The lowest BCUT2D eigenvalue weighted by atomic mass is 10.1. The van der Waals surface area contributed by atoms with Crippen LogP contribution < -0.4 is 5.56 Å². The maximum absolute atomic E-state index is 12.3. The van der Waals surface area contributed by atoms with Crippen LogP contribution in [0.2, 0.25) is 5.02 Å². The fraction of sp³-hybridized carbons (Fsp3) is 0.133. The predicted octanol–water partition coefficient (Wildman–Crippen LogP) is 3.48. The van der Waals surface area contributed by atoms with Gasteiger partial charge in [0.25, 0.3) is 5.56 Å². The molecule has 1 aromatic carbocycles. The zero-order chi connectivity index (χ0) is 15.7. The average Bonchev–Trinajstić information content (AvgIpc) is 2.92. The van der Waals surface area contributed by atoms with E-state index in [0.717, 1.165) is 5.56 Å². The minimum absolute atomic E-state index is 0.0908. The first kappa shape index (κ1) is 14.7. The number of carbonyl (C=O) groups excluding carboxylic acids is 1. The van der Waals surface area contributed by atoms with E-state index in [1.165, 1.54) is 11.3 Å². The molecular weight excluding hydrogens is 324 g/mol. The van der Waals surface area contributed by atoms with E-state index in [4.69, 9.17) is 16.3 Å². The minimum atomic E-state index is -0.644. The number of halogens is 1. The Morgan fingerprint density at radius 2 is 2.14 bits per heavy atom. The highest BCUT2D eigenvalue weighted by Gasteiger charge is 2.17. The Balaban J connectivity index is 2.19. The molecule has 112 valence electrons. The molecule has 3 rings (SSSR count). The SMILES string of the molecule is CCOC(=O)c1nc2scc(-c3ccccc3Cl)c2c(=O)[nH]1. The molecule has 2 heterocycles. The molecule has 22 heavy (non-hydrogen) atoms. The molecule has 0 aliphatic heterocycles. The monoisotopic (exact) mass is 334 g/mol. The number of aromatic amines is 1. The highest BCUT2D eigenvalue weighted by atomic mass is 35.5. The topological polar surface area (TPSA) is 72.0 Å². The second-order valence-electron chi connectivity index (χ2n) is 4.44. The summed E-state index contributed by atoms with van der Waals surface area (Å²) in [6.45, 7) is 1.91. The molecule has 0 amide bonds. The standard InChI is InChI=1S/C15H11ClN2O3S/c1-2-21-15(20)12-17-13(19)11-9(7-22-14(11)18-12)8-5-3-4-6-10(8)16/h3-7H,2H2,1H3,(H,17,18,19). The smallest absolute Gasteiger partial charge is 0.374 e. The van der Waals surface area contributed by atoms with Crippen LogP contribution in [0.1, 0.15) is 17.5 Å². The van der Waals surface area contributed by atoms with Crippen molar-refractivity contribution in [1.29, 1.82) is 0 Å². The maximum Gasteiger partial charge on any atom is 0.374 e. The molecule has 5 nitrogen and oxygen atoms in total. The molecule has 0 atom stereocenters. The van der Waals surface area contributed by atoms with E-state index in [0.29, 0.717) is 20.8 Å². The first-order chi connectivity index (χ1) is 10.6. The van der Waals surface area contributed by atoms with Crippen molar-refractivity contribution in [2.45, 2.75) is 6.92 Å². The van der Waals surface area contributed by atoms with Gasteiger partial charge in [-0.05, 0) is 13.0 Å². The van der Waals surface area contributed by atoms with Crippen LogP contribution in [0.15, 0.2) is 34.4 Å². The number of esters is 1. The van der Waals surface area contributed by atoms with E-state index in [-0.39, 0.29) is 18.0 Å². The third-order valence-electron chi connectivity index (χ3n) is 3.08. The molecule has 0 bridgehead atoms. The summed E-state index contributed by atoms with van der Waals surface area (Å²) in [5.74, 6) is -0.735. The zero-order valence-electron chi connectivity index (χ0n) is 11.6. The van der Waals surface area contributed by atoms with E-state index < -0.39 is 5.97 Å². The fourth-order valence-electron chi connectivity index (χ4n) is 2.12. The van der Waals surface area contributed by atoms with Crippen LogP contribution in [0.4, 0.5) is 0 Å². The van der Waals surface area contributed by atoms with Gasteiger partial charge in [-0.25, -0.2) is 9.78 Å². The van der Waals surface area contributed by atoms with Crippen molar-refractivity contribution in [2.24, 2.45) is 0 Å². The van der Waals surface area contributed by atoms with Crippen molar-refractivity contribution in [2.75, 3.05) is 6.61 Å². The molecule has 0 saturated carbocycles. The first-order valence-corrected chi connectivity index (χ1v) is 7.81. The van der Waals surface area contributed by atoms with E-state index in [9.17, 15) is 9.59 Å². The molecule has 0 aliphatic rings. The van der Waals surface area contributed by atoms with Gasteiger partial charge >= 0.3 is 5.97 Å². The van der Waals surface area contributed by atoms with Crippen molar-refractivity contribution in [3.05, 3.63) is 50.8 Å². The molecule has 3 aromatic rings. The third kappa shape index (κ3) is 2.51. The Bertz CT molecular complexity index is 917. The van der Waals surface area contributed by atoms with Gasteiger partial charge in [0.1, 0.15) is 4.83 Å². The van der Waals surface area contributed by atoms with E-state index in [1.54, 1.807) is 13.0 Å². The predicted molar refractivity (Wildman–Crippen MR) is 86.6 cm³/mol. The quantitative estimate of drug-likeness (QED) is 0.744. The van der Waals surface area contributed by atoms with Crippen LogP contribution in [0.3, 0.4) is 0 Å². The number of nitrogens with zero attached hydrogens (tertiary/aromatic N) is 1. The van der Waals surface area contributed by atoms with Gasteiger partial charge in [0.05, 0.1) is 12.0 Å². The molecular formula is C15H11ClN2O3S. The van der Waals surface area contributed by atoms with Crippen molar-refractivity contribution in [1.82, 2.24) is 9.97 Å². The number of rotatable bonds is 3. The molecule has 7 heteroatoms. The Labute approximate surface area is 134 Å². The average molecular weight is 335 g/mol. The van der Waals surface area contributed by atoms with Gasteiger partial charge in [0, 0.05) is 21.5 Å². The number of thiophene rings is 1. The van der Waals surface area contributed by atoms with Crippen LogP contribution in [-0.2, 0) is 4.74 Å². The van der Waals surface area contributed by atoms with E-state index in [1.807, 2.05) is 23.6 Å². The third-order valence-corrected chi connectivity index (χ3v) is 4.28. The molecule has 2 aromatic heterocycles. The van der Waals surface area contributed by atoms with Gasteiger partial charge < -0.3 is 9.72 Å². The molecule has 0 saturated heterocycles. The van der Waals surface area contributed by atoms with Gasteiger partial charge in [0.2, 0.25) is 5.82 Å². The largest absolute Gasteiger partial charge is 0.460 e. The van der Waals surface area contributed by atoms with Gasteiger partial charge in [0.15, 0.2) is 0 Å². The second-order valence-corrected chi connectivity index (χ2v) is 5.71. The van der Waals surface area contributed by atoms with Crippen molar-refractivity contribution in [3.8, 4) is 11.1 Å². The zero-order valence-corrected chi connectivity index (χ0v) is 13.1. The van der Waals surface area contributed by atoms with E-state index >= 15 is 0 Å². The number of hydrogen-bond donors (Lipinski definition) is 1. The molecule has 1 N–H and O–H groups in total. The summed E-state index contributed by atoms with van der Waals surface area (Å²) < 4.78 is 4.85. The van der Waals surface area contributed by atoms with Crippen molar-refractivity contribution < 1.29 is 9.53 Å². The van der Waals surface area contributed by atoms with Crippen LogP contribution in [-0.4, -0.2) is 22.5 Å². The molecule has 0 aliphatic carbocycles. The second kappa shape index (κ2) is 5.90. The number of H-pyrrole nitrogens is 1. The Kier molecular flexibility index (Phi) is 3.96. The summed E-state index contributed by atoms with van der Waals surface area (Å²) in [6.07, 6.45) is 0. The first-order valence-electron chi connectivity index (χ1n) is 6.55. The number of ether oxygens (including phenoxy) is 1. The summed E-state index contributed by atoms with van der Waals surface area (Å²) in [6, 6.07) is 7.26. The van der Waals surface area contributed by atoms with Crippen LogP contribution in [0.5, 0.6) is 0 Å². The molecule has 0 radical (unpaired) electrons. The normalized spacial score (nSPS) is 10.8. The summed E-state index contributed by atoms with van der Waals surface area (Å²) in [7, 11) is 0. The van der Waals surface area contributed by atoms with Gasteiger partial charge in [-0.2, -0.15) is 0 Å². The number of aromatic nitrogens is 2. The summed E-state index contributed by atoms with van der Waals surface area (Å²) >= 11 is 7.47. The Hall–Kier alpha value is -2.18. The summed E-state index contributed by atoms with van der Waals surface area (Å²) in [5, 5.41) is 2.78. The Morgan fingerprint density at radius 1 is 1.36 bits per heavy atom. The molecule has 0 unspecified atom stereocenters. The van der Waals surface area contributed by atoms with Crippen molar-refractivity contribution in [3.63, 3.8) is 0 Å². The van der Waals surface area contributed by atoms with Crippen LogP contribution in [0.25, 0.3) is 21.3 Å². The lowest BCUT2D eigenvalue weighted by molar-refractivity contribution is 0.0512. The molecule has 0 fully saturated rings. The van der Waals surface area contributed by atoms with Crippen molar-refractivity contribution >= 4 is 39.1 Å². The van der Waals surface area contributed by atoms with Crippen LogP contribution >= 0.6 is 22.9 Å². The molecule has 0 spiro atoms. The number of fused-ring (bicyclic) bond motifs is 1. The lowest BCUT2D eigenvalue weighted by Gasteiger charge is -2.03. The van der Waals surface area contributed by atoms with E-state index in [2.05, 4.69) is 9.97 Å². The lowest BCUT2D eigenvalue weighted by Crippen LogP contribution is -2.17. The summed E-state index contributed by atoms with van der Waals surface area (Å²) in [4.78, 5) is 31.2. The Morgan fingerprint density at radius 3 is 2.86 bits per heavy atom. The minimum Gasteiger partial charge on any atom is -0.460 e. The van der Waals surface area contributed by atoms with Gasteiger partial charge in [-0.15, -0.1) is 11.3 Å². The number of nitrogens with one attached hydrogen (secondary N) is 1. The van der Waals surface area contributed by atoms with Gasteiger partial charge in [-0.3, -0.25) is 4.79 Å². The highest BCUT2D eigenvalue weighted by Crippen LogP contribution is 2.34. The maximum atomic E-state index is 12.3. The number of benzene rings is 1. The summed E-state index contributed by atoms with van der Waals surface area (Å²) in [5.41, 5.74) is 1.07. The van der Waals surface area contributed by atoms with Gasteiger partial charge in [-0.1, -0.05) is 29.8 Å².